The van der Waals surface area contributed by atoms with Crippen LogP contribution >= 0.6 is 10.3 Å². The van der Waals surface area contributed by atoms with Gasteiger partial charge in [0.15, 0.2) is 0 Å². The summed E-state index contributed by atoms with van der Waals surface area (Å²) in [5.74, 6) is -0.267. The second-order valence-electron chi connectivity index (χ2n) is 7.21. The minimum absolute atomic E-state index is 0.267. The van der Waals surface area contributed by atoms with Gasteiger partial charge in [-0.1, -0.05) is 74.7 Å². The van der Waals surface area contributed by atoms with Crippen LogP contribution in [0.3, 0.4) is 0 Å². The molecule has 0 saturated heterocycles. The van der Waals surface area contributed by atoms with Crippen LogP contribution in [0.4, 0.5) is 0 Å². The highest BCUT2D eigenvalue weighted by Crippen LogP contribution is 2.69. The lowest BCUT2D eigenvalue weighted by atomic mass is 10.1. The summed E-state index contributed by atoms with van der Waals surface area (Å²) in [5.41, 5.74) is 1.34. The Morgan fingerprint density at radius 3 is 1.72 bits per heavy atom. The molecule has 29 heavy (non-hydrogen) atoms. The van der Waals surface area contributed by atoms with Crippen LogP contribution in [0.5, 0.6) is 0 Å². The number of carbonyl (C=O) groups excluding carboxylic acids is 1. The fourth-order valence-corrected chi connectivity index (χ4v) is 6.61. The van der Waals surface area contributed by atoms with Crippen molar-refractivity contribution in [3.63, 3.8) is 0 Å². The first-order chi connectivity index (χ1) is 14.2. The van der Waals surface area contributed by atoms with Crippen LogP contribution in [-0.2, 0) is 15.4 Å². The zero-order chi connectivity index (χ0) is 20.5. The molecule has 0 aliphatic heterocycles. The summed E-state index contributed by atoms with van der Waals surface area (Å²) in [7, 11) is -2.13. The first-order valence-corrected chi connectivity index (χ1v) is 11.9. The van der Waals surface area contributed by atoms with Crippen molar-refractivity contribution in [3.8, 4) is 0 Å². The molecule has 0 atom stereocenters. The number of unbranched alkanes of at least 4 members (excludes halogenated alkanes) is 3. The van der Waals surface area contributed by atoms with E-state index in [1.54, 1.807) is 0 Å². The molecule has 152 valence electrons. The van der Waals surface area contributed by atoms with E-state index in [2.05, 4.69) is 55.5 Å². The molecule has 0 saturated carbocycles. The molecule has 0 spiro atoms. The fraction of sp³-hybridized carbons (Fsp3) is 0.269. The number of carbonyl (C=O) groups is 1. The van der Waals surface area contributed by atoms with E-state index in [4.69, 9.17) is 4.18 Å². The lowest BCUT2D eigenvalue weighted by molar-refractivity contribution is -0.131. The minimum Gasteiger partial charge on any atom is -0.402 e. The first kappa shape index (κ1) is 21.2. The molecule has 0 radical (unpaired) electrons. The highest BCUT2D eigenvalue weighted by atomic mass is 32.3. The van der Waals surface area contributed by atoms with Gasteiger partial charge in [0, 0.05) is 21.6 Å². The lowest BCUT2D eigenvalue weighted by Crippen LogP contribution is -2.11. The van der Waals surface area contributed by atoms with Crippen molar-refractivity contribution in [2.75, 3.05) is 0 Å². The summed E-state index contributed by atoms with van der Waals surface area (Å²) in [6.07, 6.45) is 6.12. The lowest BCUT2D eigenvalue weighted by Gasteiger charge is -2.39. The van der Waals surface area contributed by atoms with Gasteiger partial charge < -0.3 is 4.18 Å². The van der Waals surface area contributed by atoms with E-state index in [9.17, 15) is 4.79 Å². The van der Waals surface area contributed by atoms with Gasteiger partial charge in [-0.05, 0) is 65.1 Å². The maximum Gasteiger partial charge on any atom is 0.313 e. The average Bonchev–Trinajstić information content (AvgIpc) is 2.77. The van der Waals surface area contributed by atoms with Crippen molar-refractivity contribution in [2.45, 2.75) is 60.6 Å². The van der Waals surface area contributed by atoms with Crippen molar-refractivity contribution in [1.29, 1.82) is 0 Å². The second-order valence-corrected chi connectivity index (χ2v) is 9.91. The van der Waals surface area contributed by atoms with Crippen molar-refractivity contribution in [3.05, 3.63) is 90.5 Å². The molecule has 0 amide bonds. The zero-order valence-corrected chi connectivity index (χ0v) is 18.2. The Kier molecular flexibility index (Phi) is 7.54. The maximum atomic E-state index is 12.2. The molecule has 3 rings (SSSR count). The normalized spacial score (nSPS) is 11.8. The van der Waals surface area contributed by atoms with Gasteiger partial charge in [-0.25, -0.2) is 0 Å². The Bertz CT molecular complexity index is 850. The van der Waals surface area contributed by atoms with Gasteiger partial charge >= 0.3 is 5.97 Å². The van der Waals surface area contributed by atoms with E-state index in [-0.39, 0.29) is 5.97 Å². The topological polar surface area (TPSA) is 26.3 Å². The van der Waals surface area contributed by atoms with E-state index < -0.39 is 10.3 Å². The molecular weight excluding hydrogens is 376 g/mol. The van der Waals surface area contributed by atoms with Gasteiger partial charge in [-0.15, -0.1) is 0 Å². The van der Waals surface area contributed by atoms with Gasteiger partial charge in [0.2, 0.25) is 0 Å². The minimum atomic E-state index is -2.13. The monoisotopic (exact) mass is 406 g/mol. The predicted molar refractivity (Wildman–Crippen MR) is 121 cm³/mol. The summed E-state index contributed by atoms with van der Waals surface area (Å²) in [4.78, 5) is 15.3. The molecule has 0 aromatic heterocycles. The molecule has 0 heterocycles. The Hall–Kier alpha value is -2.52. The van der Waals surface area contributed by atoms with E-state index in [1.165, 1.54) is 38.2 Å². The van der Waals surface area contributed by atoms with E-state index in [1.807, 2.05) is 36.4 Å². The maximum absolute atomic E-state index is 12.2. The van der Waals surface area contributed by atoms with Crippen LogP contribution in [0, 0.1) is 0 Å². The Balaban J connectivity index is 2.04. The van der Waals surface area contributed by atoms with Crippen LogP contribution in [0.15, 0.2) is 99.6 Å². The molecule has 0 unspecified atom stereocenters. The predicted octanol–water partition coefficient (Wildman–Crippen LogP) is 7.57. The number of rotatable bonds is 9. The summed E-state index contributed by atoms with van der Waals surface area (Å²) < 4.78 is 6.19. The SMILES string of the molecule is CCCCCCc1ccc(S(OC(C)=O)(c2ccccc2)c2ccccc2)cc1. The molecule has 0 N–H and O–H groups in total. The van der Waals surface area contributed by atoms with Gasteiger partial charge in [-0.3, -0.25) is 4.79 Å². The molecule has 0 aliphatic carbocycles. The molecule has 3 aromatic rings. The van der Waals surface area contributed by atoms with Crippen molar-refractivity contribution in [1.82, 2.24) is 0 Å². The second kappa shape index (κ2) is 10.3. The standard InChI is InChI=1S/C26H30O2S/c1-3-4-5-8-13-23-18-20-26(21-19-23)29(28-22(2)27,24-14-9-6-10-15-24)25-16-11-7-12-17-25/h6-7,9-12,14-21H,3-5,8,13H2,1-2H3. The van der Waals surface area contributed by atoms with Crippen LogP contribution in [-0.4, -0.2) is 5.97 Å². The van der Waals surface area contributed by atoms with E-state index in [0.717, 1.165) is 21.1 Å². The summed E-state index contributed by atoms with van der Waals surface area (Å²) in [5, 5.41) is 0. The Morgan fingerprint density at radius 2 is 1.24 bits per heavy atom. The third kappa shape index (κ3) is 5.10. The first-order valence-electron chi connectivity index (χ1n) is 10.4. The molecule has 0 fully saturated rings. The largest absolute Gasteiger partial charge is 0.402 e. The van der Waals surface area contributed by atoms with Crippen molar-refractivity contribution in [2.24, 2.45) is 0 Å². The number of benzene rings is 3. The average molecular weight is 407 g/mol. The zero-order valence-electron chi connectivity index (χ0n) is 17.3. The Labute approximate surface area is 176 Å². The Morgan fingerprint density at radius 1 is 0.724 bits per heavy atom. The van der Waals surface area contributed by atoms with E-state index in [0.29, 0.717) is 0 Å². The van der Waals surface area contributed by atoms with Crippen LogP contribution in [0.25, 0.3) is 0 Å². The third-order valence-electron chi connectivity index (χ3n) is 4.97. The van der Waals surface area contributed by atoms with Gasteiger partial charge in [0.05, 0.1) is 0 Å². The van der Waals surface area contributed by atoms with Gasteiger partial charge in [0.1, 0.15) is 0 Å². The quantitative estimate of drug-likeness (QED) is 0.343. The highest BCUT2D eigenvalue weighted by Gasteiger charge is 2.34. The third-order valence-corrected chi connectivity index (χ3v) is 8.26. The smallest absolute Gasteiger partial charge is 0.313 e. The number of hydrogen-bond donors (Lipinski definition) is 0. The summed E-state index contributed by atoms with van der Waals surface area (Å²) in [6, 6.07) is 28.9. The van der Waals surface area contributed by atoms with Crippen LogP contribution in [0.2, 0.25) is 0 Å². The van der Waals surface area contributed by atoms with E-state index >= 15 is 0 Å². The molecule has 3 aromatic carbocycles. The molecule has 0 aliphatic rings. The van der Waals surface area contributed by atoms with Crippen LogP contribution in [0.1, 0.15) is 45.1 Å². The summed E-state index contributed by atoms with van der Waals surface area (Å²) in [6.45, 7) is 3.73. The molecule has 3 heteroatoms. The summed E-state index contributed by atoms with van der Waals surface area (Å²) >= 11 is 0. The number of hydrogen-bond acceptors (Lipinski definition) is 2. The van der Waals surface area contributed by atoms with Crippen molar-refractivity contribution >= 4 is 16.3 Å². The van der Waals surface area contributed by atoms with Crippen LogP contribution < -0.4 is 0 Å². The molecular formula is C26H30O2S. The number of aryl methyl sites for hydroxylation is 1. The molecule has 2 nitrogen and oxygen atoms in total. The highest BCUT2D eigenvalue weighted by molar-refractivity contribution is 8.30. The van der Waals surface area contributed by atoms with Gasteiger partial charge in [0.25, 0.3) is 0 Å². The van der Waals surface area contributed by atoms with Gasteiger partial charge in [-0.2, -0.15) is 0 Å². The fourth-order valence-electron chi connectivity index (χ4n) is 3.56. The van der Waals surface area contributed by atoms with Crippen molar-refractivity contribution < 1.29 is 8.98 Å². The molecule has 0 bridgehead atoms.